The first kappa shape index (κ1) is 17.2. The minimum atomic E-state index is -0.349. The molecule has 1 N–H and O–H groups in total. The van der Waals surface area contributed by atoms with E-state index in [-0.39, 0.29) is 23.6 Å². The Kier molecular flexibility index (Phi) is 4.31. The van der Waals surface area contributed by atoms with Crippen molar-refractivity contribution >= 4 is 16.8 Å². The van der Waals surface area contributed by atoms with Gasteiger partial charge in [-0.2, -0.15) is 5.10 Å². The summed E-state index contributed by atoms with van der Waals surface area (Å²) >= 11 is 0. The lowest BCUT2D eigenvalue weighted by atomic mass is 9.87. The van der Waals surface area contributed by atoms with Crippen molar-refractivity contribution in [3.05, 3.63) is 41.5 Å². The van der Waals surface area contributed by atoms with Crippen molar-refractivity contribution in [1.82, 2.24) is 20.0 Å². The molecule has 2 aliphatic rings. The number of carbonyl (C=O) groups is 1. The maximum Gasteiger partial charge on any atom is 0.233 e. The van der Waals surface area contributed by atoms with E-state index in [0.717, 1.165) is 54.5 Å². The number of hydrogen-bond acceptors (Lipinski definition) is 3. The van der Waals surface area contributed by atoms with Crippen LogP contribution in [0.15, 0.2) is 24.4 Å². The van der Waals surface area contributed by atoms with Crippen LogP contribution in [0.1, 0.15) is 48.8 Å². The molecule has 138 valence electrons. The van der Waals surface area contributed by atoms with Crippen molar-refractivity contribution in [3.63, 3.8) is 0 Å². The zero-order valence-electron chi connectivity index (χ0n) is 15.4. The predicted molar refractivity (Wildman–Crippen MR) is 99.4 cm³/mol. The van der Waals surface area contributed by atoms with Crippen LogP contribution in [0.5, 0.6) is 0 Å². The van der Waals surface area contributed by atoms with Crippen molar-refractivity contribution in [2.75, 3.05) is 20.1 Å². The minimum Gasteiger partial charge on any atom is -0.330 e. The van der Waals surface area contributed by atoms with Crippen LogP contribution in [-0.2, 0) is 11.8 Å². The molecule has 6 heteroatoms. The topological polar surface area (TPSA) is 50.2 Å². The standard InChI is InChI=1S/C20H25FN4O/c1-12-4-5-14(20(26)22-12)19-16-10-17(21)15(11-18(16)25(3)23-19)13-6-8-24(2)9-7-13/h10-11,13-14H,1,4-9H2,2-3H3,(H,22,26). The lowest BCUT2D eigenvalue weighted by Gasteiger charge is -2.29. The van der Waals surface area contributed by atoms with Gasteiger partial charge in [-0.3, -0.25) is 9.48 Å². The summed E-state index contributed by atoms with van der Waals surface area (Å²) in [5.74, 6) is -0.379. The summed E-state index contributed by atoms with van der Waals surface area (Å²) in [6, 6.07) is 3.53. The van der Waals surface area contributed by atoms with Crippen LogP contribution in [0.2, 0.25) is 0 Å². The van der Waals surface area contributed by atoms with Gasteiger partial charge in [-0.05, 0) is 69.4 Å². The summed E-state index contributed by atoms with van der Waals surface area (Å²) in [6.07, 6.45) is 3.33. The van der Waals surface area contributed by atoms with Crippen LogP contribution >= 0.6 is 0 Å². The average molecular weight is 356 g/mol. The number of amides is 1. The van der Waals surface area contributed by atoms with E-state index in [1.54, 1.807) is 10.7 Å². The number of aromatic nitrogens is 2. The van der Waals surface area contributed by atoms with Crippen molar-refractivity contribution in [2.24, 2.45) is 7.05 Å². The van der Waals surface area contributed by atoms with E-state index in [1.807, 2.05) is 13.1 Å². The fraction of sp³-hybridized carbons (Fsp3) is 0.500. The number of benzene rings is 1. The van der Waals surface area contributed by atoms with Crippen LogP contribution in [0.25, 0.3) is 10.9 Å². The van der Waals surface area contributed by atoms with Crippen LogP contribution in [-0.4, -0.2) is 40.7 Å². The first-order valence-electron chi connectivity index (χ1n) is 9.27. The second-order valence-corrected chi connectivity index (χ2v) is 7.66. The molecule has 1 atom stereocenters. The molecular weight excluding hydrogens is 331 g/mol. The van der Waals surface area contributed by atoms with Gasteiger partial charge < -0.3 is 10.2 Å². The largest absolute Gasteiger partial charge is 0.330 e. The third-order valence-electron chi connectivity index (χ3n) is 5.84. The molecule has 2 aliphatic heterocycles. The Morgan fingerprint density at radius 1 is 1.23 bits per heavy atom. The van der Waals surface area contributed by atoms with Gasteiger partial charge in [-0.1, -0.05) is 6.58 Å². The second-order valence-electron chi connectivity index (χ2n) is 7.66. The molecule has 2 fully saturated rings. The van der Waals surface area contributed by atoms with Gasteiger partial charge >= 0.3 is 0 Å². The van der Waals surface area contributed by atoms with Crippen molar-refractivity contribution in [2.45, 2.75) is 37.5 Å². The monoisotopic (exact) mass is 356 g/mol. The van der Waals surface area contributed by atoms with Crippen LogP contribution in [0, 0.1) is 5.82 Å². The summed E-state index contributed by atoms with van der Waals surface area (Å²) in [6.45, 7) is 5.80. The number of likely N-dealkylation sites (tertiary alicyclic amines) is 1. The Morgan fingerprint density at radius 3 is 2.65 bits per heavy atom. The third-order valence-corrected chi connectivity index (χ3v) is 5.84. The lowest BCUT2D eigenvalue weighted by Crippen LogP contribution is -2.33. The van der Waals surface area contributed by atoms with Gasteiger partial charge in [0.1, 0.15) is 5.82 Å². The molecule has 0 saturated carbocycles. The highest BCUT2D eigenvalue weighted by Crippen LogP contribution is 2.36. The molecule has 0 bridgehead atoms. The highest BCUT2D eigenvalue weighted by atomic mass is 19.1. The normalized spacial score (nSPS) is 22.8. The molecule has 5 nitrogen and oxygen atoms in total. The smallest absolute Gasteiger partial charge is 0.233 e. The Bertz CT molecular complexity index is 880. The predicted octanol–water partition coefficient (Wildman–Crippen LogP) is 3.03. The van der Waals surface area contributed by atoms with Crippen molar-refractivity contribution < 1.29 is 9.18 Å². The number of allylic oxidation sites excluding steroid dienone is 1. The average Bonchev–Trinajstić information content (AvgIpc) is 2.91. The van der Waals surface area contributed by atoms with E-state index >= 15 is 0 Å². The minimum absolute atomic E-state index is 0.0962. The Labute approximate surface area is 152 Å². The number of aryl methyl sites for hydroxylation is 1. The molecule has 4 rings (SSSR count). The first-order valence-corrected chi connectivity index (χ1v) is 9.27. The van der Waals surface area contributed by atoms with E-state index in [0.29, 0.717) is 12.1 Å². The van der Waals surface area contributed by atoms with Gasteiger partial charge in [0.05, 0.1) is 17.1 Å². The molecule has 1 unspecified atom stereocenters. The van der Waals surface area contributed by atoms with Crippen LogP contribution in [0.4, 0.5) is 4.39 Å². The van der Waals surface area contributed by atoms with Crippen LogP contribution < -0.4 is 5.32 Å². The molecule has 26 heavy (non-hydrogen) atoms. The molecule has 1 aromatic heterocycles. The molecule has 3 heterocycles. The quantitative estimate of drug-likeness (QED) is 0.900. The number of halogens is 1. The Balaban J connectivity index is 1.73. The molecule has 0 radical (unpaired) electrons. The van der Waals surface area contributed by atoms with Gasteiger partial charge in [0.25, 0.3) is 0 Å². The van der Waals surface area contributed by atoms with E-state index in [4.69, 9.17) is 0 Å². The number of carbonyl (C=O) groups excluding carboxylic acids is 1. The maximum absolute atomic E-state index is 15.0. The second kappa shape index (κ2) is 6.50. The van der Waals surface area contributed by atoms with Gasteiger partial charge in [0.15, 0.2) is 0 Å². The fourth-order valence-corrected chi connectivity index (χ4v) is 4.24. The number of piperidine rings is 2. The summed E-state index contributed by atoms with van der Waals surface area (Å²) in [5, 5.41) is 8.13. The van der Waals surface area contributed by atoms with Gasteiger partial charge in [-0.25, -0.2) is 4.39 Å². The molecule has 0 aliphatic carbocycles. The van der Waals surface area contributed by atoms with E-state index in [9.17, 15) is 9.18 Å². The van der Waals surface area contributed by atoms with E-state index < -0.39 is 0 Å². The lowest BCUT2D eigenvalue weighted by molar-refractivity contribution is -0.122. The molecular formula is C20H25FN4O. The number of rotatable bonds is 2. The number of nitrogens with zero attached hydrogens (tertiary/aromatic N) is 3. The summed E-state index contributed by atoms with van der Waals surface area (Å²) in [4.78, 5) is 14.7. The van der Waals surface area contributed by atoms with Gasteiger partial charge in [-0.15, -0.1) is 0 Å². The number of fused-ring (bicyclic) bond motifs is 1. The SMILES string of the molecule is C=C1CCC(c2nn(C)c3cc(C4CCN(C)CC4)c(F)cc23)C(=O)N1. The van der Waals surface area contributed by atoms with Crippen molar-refractivity contribution in [3.8, 4) is 0 Å². The highest BCUT2D eigenvalue weighted by Gasteiger charge is 2.31. The maximum atomic E-state index is 15.0. The zero-order valence-corrected chi connectivity index (χ0v) is 15.4. The Morgan fingerprint density at radius 2 is 1.96 bits per heavy atom. The van der Waals surface area contributed by atoms with Crippen molar-refractivity contribution in [1.29, 1.82) is 0 Å². The number of nitrogens with one attached hydrogen (secondary N) is 1. The highest BCUT2D eigenvalue weighted by molar-refractivity contribution is 5.92. The molecule has 2 aromatic rings. The number of hydrogen-bond donors (Lipinski definition) is 1. The molecule has 1 amide bonds. The van der Waals surface area contributed by atoms with Gasteiger partial charge in [0, 0.05) is 18.1 Å². The molecule has 1 aromatic carbocycles. The molecule has 0 spiro atoms. The third kappa shape index (κ3) is 2.92. The summed E-state index contributed by atoms with van der Waals surface area (Å²) < 4.78 is 16.7. The van der Waals surface area contributed by atoms with E-state index in [1.165, 1.54) is 0 Å². The summed E-state index contributed by atoms with van der Waals surface area (Å²) in [5.41, 5.74) is 3.08. The molecule has 2 saturated heterocycles. The zero-order chi connectivity index (χ0) is 18.4. The van der Waals surface area contributed by atoms with Crippen LogP contribution in [0.3, 0.4) is 0 Å². The Hall–Kier alpha value is -2.21. The fourth-order valence-electron chi connectivity index (χ4n) is 4.24. The summed E-state index contributed by atoms with van der Waals surface area (Å²) in [7, 11) is 3.97. The first-order chi connectivity index (χ1) is 12.4. The van der Waals surface area contributed by atoms with E-state index in [2.05, 4.69) is 28.9 Å². The van der Waals surface area contributed by atoms with Gasteiger partial charge in [0.2, 0.25) is 5.91 Å².